The molecule has 0 atom stereocenters. The van der Waals surface area contributed by atoms with Crippen LogP contribution in [0.4, 0.5) is 0 Å². The third-order valence-electron chi connectivity index (χ3n) is 7.89. The lowest BCUT2D eigenvalue weighted by molar-refractivity contribution is 1.16. The second-order valence-corrected chi connectivity index (χ2v) is 10.7. The third kappa shape index (κ3) is 4.79. The van der Waals surface area contributed by atoms with Crippen LogP contribution in [-0.4, -0.2) is 19.9 Å². The van der Waals surface area contributed by atoms with Gasteiger partial charge in [-0.1, -0.05) is 140 Å². The van der Waals surface area contributed by atoms with Gasteiger partial charge in [0.05, 0.1) is 28.1 Å². The first-order valence-electron chi connectivity index (χ1n) is 14.7. The molecule has 44 heavy (non-hydrogen) atoms. The molecular weight excluding hydrogens is 536 g/mol. The Balaban J connectivity index is 1.38. The minimum Gasteiger partial charge on any atom is -0.245 e. The predicted molar refractivity (Wildman–Crippen MR) is 180 cm³/mol. The average molecular weight is 563 g/mol. The molecule has 0 spiro atoms. The fraction of sp³-hybridized carbons (Fsp3) is 0. The first kappa shape index (κ1) is 25.7. The molecule has 0 radical (unpaired) electrons. The van der Waals surface area contributed by atoms with E-state index in [4.69, 9.17) is 19.9 Å². The van der Waals surface area contributed by atoms with E-state index in [9.17, 15) is 0 Å². The molecule has 0 bridgehead atoms. The summed E-state index contributed by atoms with van der Waals surface area (Å²) in [6.07, 6.45) is 0. The Morgan fingerprint density at radius 1 is 0.318 bits per heavy atom. The van der Waals surface area contributed by atoms with Crippen molar-refractivity contribution < 1.29 is 0 Å². The number of pyridine rings is 2. The van der Waals surface area contributed by atoms with Crippen LogP contribution in [0.3, 0.4) is 0 Å². The molecule has 0 aliphatic heterocycles. The molecule has 0 aliphatic rings. The summed E-state index contributed by atoms with van der Waals surface area (Å²) in [4.78, 5) is 20.5. The summed E-state index contributed by atoms with van der Waals surface area (Å²) in [5.74, 6) is 0.576. The van der Waals surface area contributed by atoms with Crippen molar-refractivity contribution in [3.8, 4) is 56.4 Å². The first-order chi connectivity index (χ1) is 21.8. The van der Waals surface area contributed by atoms with E-state index in [-0.39, 0.29) is 0 Å². The number of benzene rings is 5. The molecule has 3 heterocycles. The van der Waals surface area contributed by atoms with Crippen molar-refractivity contribution in [2.24, 2.45) is 0 Å². The molecule has 0 saturated carbocycles. The van der Waals surface area contributed by atoms with Gasteiger partial charge in [0.15, 0.2) is 5.82 Å². The molecule has 8 aromatic rings. The number of rotatable bonds is 5. The quantitative estimate of drug-likeness (QED) is 0.196. The molecule has 206 valence electrons. The number of nitrogens with zero attached hydrogens (tertiary/aromatic N) is 4. The summed E-state index contributed by atoms with van der Waals surface area (Å²) in [5.41, 5.74) is 10.4. The average Bonchev–Trinajstić information content (AvgIpc) is 3.12. The number of fused-ring (bicyclic) bond motifs is 3. The summed E-state index contributed by atoms with van der Waals surface area (Å²) in [5, 5.41) is 2.07. The highest BCUT2D eigenvalue weighted by atomic mass is 14.9. The molecule has 3 aromatic heterocycles. The van der Waals surface area contributed by atoms with Crippen molar-refractivity contribution in [1.29, 1.82) is 0 Å². The smallest absolute Gasteiger partial charge is 0.179 e. The van der Waals surface area contributed by atoms with Crippen LogP contribution in [0.15, 0.2) is 158 Å². The SMILES string of the molecule is c1ccc(-c2cc(-c3ccccc3)nc(-c3ccc4ccc5c(-c6ccccc6)cc(-c6ccccc6)nc5c4n3)n2)cc1. The van der Waals surface area contributed by atoms with Gasteiger partial charge in [0, 0.05) is 27.5 Å². The zero-order chi connectivity index (χ0) is 29.3. The Bertz CT molecular complexity index is 2190. The second kappa shape index (κ2) is 11.0. The third-order valence-corrected chi connectivity index (χ3v) is 7.89. The topological polar surface area (TPSA) is 51.6 Å². The maximum Gasteiger partial charge on any atom is 0.179 e. The van der Waals surface area contributed by atoms with Gasteiger partial charge in [-0.3, -0.25) is 0 Å². The monoisotopic (exact) mass is 562 g/mol. The van der Waals surface area contributed by atoms with Crippen LogP contribution in [0.5, 0.6) is 0 Å². The number of hydrogen-bond donors (Lipinski definition) is 0. The normalized spacial score (nSPS) is 11.2. The largest absolute Gasteiger partial charge is 0.245 e. The molecule has 0 fully saturated rings. The molecule has 4 heteroatoms. The second-order valence-electron chi connectivity index (χ2n) is 10.7. The summed E-state index contributed by atoms with van der Waals surface area (Å²) < 4.78 is 0. The predicted octanol–water partition coefficient (Wildman–Crippen LogP) is 9.91. The van der Waals surface area contributed by atoms with Gasteiger partial charge in [0.1, 0.15) is 5.69 Å². The van der Waals surface area contributed by atoms with Crippen molar-refractivity contribution >= 4 is 21.8 Å². The zero-order valence-electron chi connectivity index (χ0n) is 23.8. The molecule has 0 amide bonds. The maximum atomic E-state index is 5.23. The van der Waals surface area contributed by atoms with Gasteiger partial charge in [-0.05, 0) is 29.3 Å². The molecular formula is C40H26N4. The van der Waals surface area contributed by atoms with Crippen molar-refractivity contribution in [3.63, 3.8) is 0 Å². The van der Waals surface area contributed by atoms with Crippen molar-refractivity contribution in [2.75, 3.05) is 0 Å². The minimum atomic E-state index is 0.576. The van der Waals surface area contributed by atoms with Crippen LogP contribution in [0.1, 0.15) is 0 Å². The Kier molecular flexibility index (Phi) is 6.43. The molecule has 0 N–H and O–H groups in total. The van der Waals surface area contributed by atoms with Crippen molar-refractivity contribution in [2.45, 2.75) is 0 Å². The maximum absolute atomic E-state index is 5.23. The summed E-state index contributed by atoms with van der Waals surface area (Å²) >= 11 is 0. The summed E-state index contributed by atoms with van der Waals surface area (Å²) in [7, 11) is 0. The highest BCUT2D eigenvalue weighted by Crippen LogP contribution is 2.36. The van der Waals surface area contributed by atoms with Crippen LogP contribution in [-0.2, 0) is 0 Å². The van der Waals surface area contributed by atoms with Gasteiger partial charge < -0.3 is 0 Å². The fourth-order valence-corrected chi connectivity index (χ4v) is 5.68. The van der Waals surface area contributed by atoms with Crippen LogP contribution in [0.25, 0.3) is 78.2 Å². The van der Waals surface area contributed by atoms with Gasteiger partial charge in [-0.25, -0.2) is 19.9 Å². The lowest BCUT2D eigenvalue weighted by atomic mass is 9.97. The summed E-state index contributed by atoms with van der Waals surface area (Å²) in [6.45, 7) is 0. The van der Waals surface area contributed by atoms with E-state index < -0.39 is 0 Å². The van der Waals surface area contributed by atoms with Crippen LogP contribution >= 0.6 is 0 Å². The molecule has 0 aliphatic carbocycles. The zero-order valence-corrected chi connectivity index (χ0v) is 23.8. The number of aromatic nitrogens is 4. The van der Waals surface area contributed by atoms with Gasteiger partial charge in [-0.2, -0.15) is 0 Å². The molecule has 8 rings (SSSR count). The standard InChI is InChI=1S/C40H26N4/c1-5-13-27(14-6-1)33-25-35(28-15-7-2-8-16-28)42-39-32(33)23-21-31-22-24-34(41-38(31)39)40-43-36(29-17-9-3-10-18-29)26-37(44-40)30-19-11-4-12-20-30/h1-26H. The Morgan fingerprint density at radius 2 is 0.773 bits per heavy atom. The summed E-state index contributed by atoms with van der Waals surface area (Å²) in [6, 6.07) is 53.8. The van der Waals surface area contributed by atoms with Crippen molar-refractivity contribution in [1.82, 2.24) is 19.9 Å². The van der Waals surface area contributed by atoms with Crippen LogP contribution < -0.4 is 0 Å². The van der Waals surface area contributed by atoms with E-state index >= 15 is 0 Å². The highest BCUT2D eigenvalue weighted by molar-refractivity contribution is 6.09. The van der Waals surface area contributed by atoms with Crippen molar-refractivity contribution in [3.05, 3.63) is 158 Å². The highest BCUT2D eigenvalue weighted by Gasteiger charge is 2.16. The van der Waals surface area contributed by atoms with Gasteiger partial charge in [0.2, 0.25) is 0 Å². The Hall–Kier alpha value is -6.00. The van der Waals surface area contributed by atoms with Gasteiger partial charge in [-0.15, -0.1) is 0 Å². The Morgan fingerprint density at radius 3 is 1.32 bits per heavy atom. The van der Waals surface area contributed by atoms with Gasteiger partial charge >= 0.3 is 0 Å². The van der Waals surface area contributed by atoms with Crippen LogP contribution in [0, 0.1) is 0 Å². The van der Waals surface area contributed by atoms with Gasteiger partial charge in [0.25, 0.3) is 0 Å². The fourth-order valence-electron chi connectivity index (χ4n) is 5.68. The lowest BCUT2D eigenvalue weighted by Gasteiger charge is -2.13. The Labute approximate surface area is 255 Å². The molecule has 0 saturated heterocycles. The van der Waals surface area contributed by atoms with E-state index in [1.807, 2.05) is 72.8 Å². The first-order valence-corrected chi connectivity index (χ1v) is 14.7. The van der Waals surface area contributed by atoms with Crippen LogP contribution in [0.2, 0.25) is 0 Å². The van der Waals surface area contributed by atoms with E-state index in [0.29, 0.717) is 11.5 Å². The van der Waals surface area contributed by atoms with E-state index in [1.54, 1.807) is 0 Å². The van der Waals surface area contributed by atoms with E-state index in [2.05, 4.69) is 84.9 Å². The molecule has 4 nitrogen and oxygen atoms in total. The molecule has 5 aromatic carbocycles. The number of hydrogen-bond acceptors (Lipinski definition) is 4. The van der Waals surface area contributed by atoms with E-state index in [0.717, 1.165) is 66.7 Å². The molecule has 0 unspecified atom stereocenters. The van der Waals surface area contributed by atoms with E-state index in [1.165, 1.54) is 0 Å². The lowest BCUT2D eigenvalue weighted by Crippen LogP contribution is -1.98. The minimum absolute atomic E-state index is 0.576.